The van der Waals surface area contributed by atoms with Gasteiger partial charge in [-0.3, -0.25) is 0 Å². The van der Waals surface area contributed by atoms with Gasteiger partial charge in [-0.2, -0.15) is 0 Å². The quantitative estimate of drug-likeness (QED) is 0.831. The van der Waals surface area contributed by atoms with Crippen molar-refractivity contribution in [2.45, 2.75) is 13.3 Å². The summed E-state index contributed by atoms with van der Waals surface area (Å²) in [6.45, 7) is 4.51. The summed E-state index contributed by atoms with van der Waals surface area (Å²) in [6, 6.07) is 3.40. The zero-order chi connectivity index (χ0) is 12.3. The van der Waals surface area contributed by atoms with Crippen LogP contribution in [-0.4, -0.2) is 31.3 Å². The number of nitrogens with one attached hydrogen (secondary N) is 1. The summed E-state index contributed by atoms with van der Waals surface area (Å²) in [4.78, 5) is 4.11. The number of hydrogen-bond donors (Lipinski definition) is 1. The Hall–Kier alpha value is -0.960. The Bertz CT molecular complexity index is 417. The molecular weight excluding hydrogens is 233 g/mol. The second kappa shape index (κ2) is 4.91. The van der Waals surface area contributed by atoms with Gasteiger partial charge in [-0.15, -0.1) is 0 Å². The molecule has 0 atom stereocenters. The van der Waals surface area contributed by atoms with Crippen LogP contribution >= 0.6 is 7.14 Å². The predicted octanol–water partition coefficient (Wildman–Crippen LogP) is 2.32. The van der Waals surface area contributed by atoms with Gasteiger partial charge in [0.2, 0.25) is 0 Å². The van der Waals surface area contributed by atoms with Crippen LogP contribution in [0.1, 0.15) is 5.56 Å². The van der Waals surface area contributed by atoms with Crippen molar-refractivity contribution in [3.05, 3.63) is 17.7 Å². The summed E-state index contributed by atoms with van der Waals surface area (Å²) in [6.07, 6.45) is -2.43. The lowest BCUT2D eigenvalue weighted by Crippen LogP contribution is -2.16. The number of pyridine rings is 1. The van der Waals surface area contributed by atoms with Gasteiger partial charge in [0, 0.05) is 0 Å². The number of alkyl halides is 2. The van der Waals surface area contributed by atoms with E-state index in [0.29, 0.717) is 11.3 Å². The molecule has 1 heterocycles. The Balaban J connectivity index is 2.95. The van der Waals surface area contributed by atoms with Crippen LogP contribution in [0.2, 0.25) is 0 Å². The van der Waals surface area contributed by atoms with E-state index in [1.807, 2.05) is 0 Å². The monoisotopic (exact) mass is 248 g/mol. The van der Waals surface area contributed by atoms with E-state index < -0.39 is 20.1 Å². The molecule has 0 aliphatic heterocycles. The SMILES string of the molecule is Cc1ccc(P(C)(C)=O)nc1NCC(F)F. The second-order valence-corrected chi connectivity index (χ2v) is 7.12. The summed E-state index contributed by atoms with van der Waals surface area (Å²) < 4.78 is 35.9. The molecule has 0 aliphatic rings. The van der Waals surface area contributed by atoms with Gasteiger partial charge in [-0.25, -0.2) is 13.8 Å². The number of nitrogens with zero attached hydrogens (tertiary/aromatic N) is 1. The maximum atomic E-state index is 12.0. The number of aromatic nitrogens is 1. The van der Waals surface area contributed by atoms with Crippen LogP contribution in [0, 0.1) is 6.92 Å². The van der Waals surface area contributed by atoms with E-state index in [2.05, 4.69) is 10.3 Å². The summed E-state index contributed by atoms with van der Waals surface area (Å²) in [7, 11) is -2.45. The Kier molecular flexibility index (Phi) is 4.03. The molecule has 3 nitrogen and oxygen atoms in total. The van der Waals surface area contributed by atoms with Crippen LogP contribution in [0.25, 0.3) is 0 Å². The number of aryl methyl sites for hydroxylation is 1. The third-order valence-corrected chi connectivity index (χ3v) is 3.41. The second-order valence-electron chi connectivity index (χ2n) is 3.96. The third kappa shape index (κ3) is 3.56. The minimum absolute atomic E-state index is 0.377. The molecule has 0 radical (unpaired) electrons. The maximum absolute atomic E-state index is 12.0. The van der Waals surface area contributed by atoms with E-state index in [-0.39, 0.29) is 0 Å². The van der Waals surface area contributed by atoms with Gasteiger partial charge in [0.25, 0.3) is 6.43 Å². The predicted molar refractivity (Wildman–Crippen MR) is 62.6 cm³/mol. The first-order valence-corrected chi connectivity index (χ1v) is 7.46. The zero-order valence-electron chi connectivity index (χ0n) is 9.50. The van der Waals surface area contributed by atoms with Crippen LogP contribution in [-0.2, 0) is 4.57 Å². The topological polar surface area (TPSA) is 42.0 Å². The number of anilines is 1. The molecule has 0 amide bonds. The van der Waals surface area contributed by atoms with Crippen LogP contribution < -0.4 is 10.8 Å². The van der Waals surface area contributed by atoms with E-state index in [9.17, 15) is 13.3 Å². The number of hydrogen-bond acceptors (Lipinski definition) is 3. The van der Waals surface area contributed by atoms with Crippen molar-refractivity contribution in [3.8, 4) is 0 Å². The van der Waals surface area contributed by atoms with Crippen molar-refractivity contribution in [3.63, 3.8) is 0 Å². The largest absolute Gasteiger partial charge is 0.364 e. The fourth-order valence-corrected chi connectivity index (χ4v) is 1.95. The van der Waals surface area contributed by atoms with E-state index in [1.54, 1.807) is 32.4 Å². The summed E-state index contributed by atoms with van der Waals surface area (Å²) in [5, 5.41) is 2.54. The van der Waals surface area contributed by atoms with E-state index in [1.165, 1.54) is 0 Å². The molecule has 0 bridgehead atoms. The average Bonchev–Trinajstić information content (AvgIpc) is 2.14. The first-order valence-electron chi connectivity index (χ1n) is 4.86. The van der Waals surface area contributed by atoms with Crippen molar-refractivity contribution in [1.29, 1.82) is 0 Å². The highest BCUT2D eigenvalue weighted by atomic mass is 31.2. The minimum atomic E-state index is -2.45. The van der Waals surface area contributed by atoms with Crippen molar-refractivity contribution in [2.24, 2.45) is 0 Å². The van der Waals surface area contributed by atoms with Gasteiger partial charge in [-0.1, -0.05) is 6.07 Å². The van der Waals surface area contributed by atoms with Crippen molar-refractivity contribution in [2.75, 3.05) is 25.2 Å². The van der Waals surface area contributed by atoms with E-state index >= 15 is 0 Å². The fourth-order valence-electron chi connectivity index (χ4n) is 1.17. The highest BCUT2D eigenvalue weighted by Gasteiger charge is 2.14. The van der Waals surface area contributed by atoms with Gasteiger partial charge in [-0.05, 0) is 31.9 Å². The Morgan fingerprint density at radius 1 is 1.44 bits per heavy atom. The Labute approximate surface area is 93.6 Å². The summed E-state index contributed by atoms with van der Waals surface area (Å²) in [5.41, 5.74) is 1.22. The molecule has 16 heavy (non-hydrogen) atoms. The maximum Gasteiger partial charge on any atom is 0.255 e. The van der Waals surface area contributed by atoms with Gasteiger partial charge >= 0.3 is 0 Å². The molecule has 0 saturated heterocycles. The molecule has 1 aromatic heterocycles. The van der Waals surface area contributed by atoms with Gasteiger partial charge < -0.3 is 9.88 Å². The number of rotatable bonds is 4. The molecular formula is C10H15F2N2OP. The third-order valence-electron chi connectivity index (χ3n) is 2.06. The molecule has 90 valence electrons. The molecule has 1 aromatic rings. The lowest BCUT2D eigenvalue weighted by molar-refractivity contribution is 0.163. The normalized spacial score (nSPS) is 11.9. The van der Waals surface area contributed by atoms with Crippen LogP contribution in [0.5, 0.6) is 0 Å². The van der Waals surface area contributed by atoms with Gasteiger partial charge in [0.05, 0.1) is 6.54 Å². The van der Waals surface area contributed by atoms with Crippen molar-refractivity contribution in [1.82, 2.24) is 4.98 Å². The highest BCUT2D eigenvalue weighted by molar-refractivity contribution is 7.69. The van der Waals surface area contributed by atoms with Crippen LogP contribution in [0.15, 0.2) is 12.1 Å². The molecule has 0 unspecified atom stereocenters. The molecule has 0 fully saturated rings. The highest BCUT2D eigenvalue weighted by Crippen LogP contribution is 2.34. The lowest BCUT2D eigenvalue weighted by Gasteiger charge is -2.12. The zero-order valence-corrected chi connectivity index (χ0v) is 10.4. The molecule has 1 rings (SSSR count). The first-order chi connectivity index (χ1) is 7.30. The number of halogens is 2. The van der Waals surface area contributed by atoms with Crippen molar-refractivity contribution < 1.29 is 13.3 Å². The van der Waals surface area contributed by atoms with Gasteiger partial charge in [0.15, 0.2) is 0 Å². The molecule has 0 aliphatic carbocycles. The lowest BCUT2D eigenvalue weighted by atomic mass is 10.3. The molecule has 0 spiro atoms. The Morgan fingerprint density at radius 3 is 2.56 bits per heavy atom. The molecule has 1 N–H and O–H groups in total. The van der Waals surface area contributed by atoms with Crippen LogP contribution in [0.4, 0.5) is 14.6 Å². The van der Waals surface area contributed by atoms with E-state index in [4.69, 9.17) is 0 Å². The average molecular weight is 248 g/mol. The standard InChI is InChI=1S/C10H15F2N2OP/c1-7-4-5-9(16(2,3)15)14-10(7)13-6-8(11)12/h4-5,8H,6H2,1-3H3,(H,13,14). The van der Waals surface area contributed by atoms with Gasteiger partial charge in [0.1, 0.15) is 18.4 Å². The molecule has 0 aromatic carbocycles. The fraction of sp³-hybridized carbons (Fsp3) is 0.500. The van der Waals surface area contributed by atoms with Crippen LogP contribution in [0.3, 0.4) is 0 Å². The Morgan fingerprint density at radius 2 is 2.06 bits per heavy atom. The summed E-state index contributed by atoms with van der Waals surface area (Å²) >= 11 is 0. The van der Waals surface area contributed by atoms with E-state index in [0.717, 1.165) is 5.56 Å². The smallest absolute Gasteiger partial charge is 0.255 e. The molecule has 0 saturated carbocycles. The first kappa shape index (κ1) is 13.1. The minimum Gasteiger partial charge on any atom is -0.364 e. The summed E-state index contributed by atoms with van der Waals surface area (Å²) in [5.74, 6) is 0.377. The van der Waals surface area contributed by atoms with Crippen molar-refractivity contribution >= 4 is 18.4 Å². The molecule has 6 heteroatoms.